The van der Waals surface area contributed by atoms with E-state index in [4.69, 9.17) is 5.73 Å². The normalized spacial score (nSPS) is 15.6. The molecule has 0 amide bonds. The number of benzene rings is 1. The average Bonchev–Trinajstić information content (AvgIpc) is 3.24. The molecule has 1 fully saturated rings. The highest BCUT2D eigenvalue weighted by atomic mass is 32.2. The highest BCUT2D eigenvalue weighted by molar-refractivity contribution is 7.89. The first-order chi connectivity index (χ1) is 9.48. The molecule has 1 aliphatic rings. The molecule has 0 bridgehead atoms. The highest BCUT2D eigenvalue weighted by Crippen LogP contribution is 2.35. The van der Waals surface area contributed by atoms with E-state index in [1.807, 2.05) is 12.1 Å². The maximum absolute atomic E-state index is 12.4. The van der Waals surface area contributed by atoms with Crippen molar-refractivity contribution in [3.05, 3.63) is 24.3 Å². The van der Waals surface area contributed by atoms with Crippen LogP contribution in [0.4, 0.5) is 5.69 Å². The summed E-state index contributed by atoms with van der Waals surface area (Å²) in [6, 6.07) is 7.70. The van der Waals surface area contributed by atoms with Gasteiger partial charge in [0, 0.05) is 26.7 Å². The van der Waals surface area contributed by atoms with Gasteiger partial charge in [0.1, 0.15) is 4.90 Å². The van der Waals surface area contributed by atoms with Crippen LogP contribution >= 0.6 is 0 Å². The van der Waals surface area contributed by atoms with E-state index in [0.717, 1.165) is 31.5 Å². The lowest BCUT2D eigenvalue weighted by Crippen LogP contribution is -2.31. The van der Waals surface area contributed by atoms with Crippen molar-refractivity contribution in [2.75, 3.05) is 32.1 Å². The molecule has 1 saturated carbocycles. The van der Waals surface area contributed by atoms with Crippen molar-refractivity contribution >= 4 is 15.7 Å². The molecule has 1 aromatic carbocycles. The summed E-state index contributed by atoms with van der Waals surface area (Å²) in [4.78, 5) is 2.58. The molecule has 112 valence electrons. The summed E-state index contributed by atoms with van der Waals surface area (Å²) in [6.07, 6.45) is 3.12. The van der Waals surface area contributed by atoms with Crippen LogP contribution in [-0.4, -0.2) is 45.9 Å². The molecule has 20 heavy (non-hydrogen) atoms. The Morgan fingerprint density at radius 3 is 2.45 bits per heavy atom. The molecule has 2 N–H and O–H groups in total. The van der Waals surface area contributed by atoms with Gasteiger partial charge in [0.2, 0.25) is 10.0 Å². The van der Waals surface area contributed by atoms with Gasteiger partial charge in [-0.05, 0) is 37.9 Å². The summed E-state index contributed by atoms with van der Waals surface area (Å²) >= 11 is 0. The number of nitrogens with zero attached hydrogens (tertiary/aromatic N) is 2. The van der Waals surface area contributed by atoms with Gasteiger partial charge in [-0.15, -0.1) is 0 Å². The smallest absolute Gasteiger partial charge is 0.244 e. The molecule has 0 heterocycles. The van der Waals surface area contributed by atoms with Crippen molar-refractivity contribution in [1.29, 1.82) is 0 Å². The summed E-state index contributed by atoms with van der Waals surface area (Å²) in [5, 5.41) is 0. The fourth-order valence-electron chi connectivity index (χ4n) is 2.26. The van der Waals surface area contributed by atoms with Crippen LogP contribution in [0.15, 0.2) is 29.2 Å². The summed E-state index contributed by atoms with van der Waals surface area (Å²) in [7, 11) is -0.297. The Bertz CT molecular complexity index is 553. The maximum Gasteiger partial charge on any atom is 0.244 e. The minimum atomic E-state index is -3.42. The first kappa shape index (κ1) is 15.3. The lowest BCUT2D eigenvalue weighted by atomic mass is 10.2. The Balaban J connectivity index is 2.40. The van der Waals surface area contributed by atoms with Crippen LogP contribution in [0.3, 0.4) is 0 Å². The molecule has 1 aliphatic carbocycles. The number of anilines is 1. The van der Waals surface area contributed by atoms with E-state index in [1.54, 1.807) is 26.2 Å². The SMILES string of the molecule is CN(C)S(=O)(=O)c1ccccc1N(CCCN)C1CC1. The van der Waals surface area contributed by atoms with Gasteiger partial charge in [-0.25, -0.2) is 12.7 Å². The van der Waals surface area contributed by atoms with E-state index >= 15 is 0 Å². The molecule has 2 rings (SSSR count). The Hall–Kier alpha value is -1.11. The molecule has 1 aromatic rings. The van der Waals surface area contributed by atoms with Crippen molar-refractivity contribution in [1.82, 2.24) is 4.31 Å². The zero-order valence-electron chi connectivity index (χ0n) is 12.1. The lowest BCUT2D eigenvalue weighted by molar-refractivity contribution is 0.520. The molecule has 0 aliphatic heterocycles. The monoisotopic (exact) mass is 297 g/mol. The van der Waals surface area contributed by atoms with Crippen molar-refractivity contribution in [3.63, 3.8) is 0 Å². The van der Waals surface area contributed by atoms with Crippen LogP contribution in [0.25, 0.3) is 0 Å². The number of para-hydroxylation sites is 1. The third kappa shape index (κ3) is 3.13. The second-order valence-electron chi connectivity index (χ2n) is 5.32. The predicted octanol–water partition coefficient (Wildman–Crippen LogP) is 1.25. The molecule has 0 unspecified atom stereocenters. The highest BCUT2D eigenvalue weighted by Gasteiger charge is 2.32. The summed E-state index contributed by atoms with van der Waals surface area (Å²) in [5.74, 6) is 0. The van der Waals surface area contributed by atoms with E-state index < -0.39 is 10.0 Å². The Morgan fingerprint density at radius 1 is 1.25 bits per heavy atom. The number of rotatable bonds is 7. The average molecular weight is 297 g/mol. The topological polar surface area (TPSA) is 66.6 Å². The largest absolute Gasteiger partial charge is 0.367 e. The lowest BCUT2D eigenvalue weighted by Gasteiger charge is -2.27. The van der Waals surface area contributed by atoms with E-state index in [2.05, 4.69) is 4.90 Å². The molecule has 0 aromatic heterocycles. The summed E-state index contributed by atoms with van der Waals surface area (Å²) in [5.41, 5.74) is 6.40. The number of hydrogen-bond acceptors (Lipinski definition) is 4. The van der Waals surface area contributed by atoms with Gasteiger partial charge in [-0.1, -0.05) is 12.1 Å². The second kappa shape index (κ2) is 6.11. The van der Waals surface area contributed by atoms with E-state index in [9.17, 15) is 8.42 Å². The zero-order chi connectivity index (χ0) is 14.8. The van der Waals surface area contributed by atoms with Crippen LogP contribution < -0.4 is 10.6 Å². The standard InChI is InChI=1S/C14H23N3O2S/c1-16(2)20(18,19)14-7-4-3-6-13(14)17(11-5-10-15)12-8-9-12/h3-4,6-7,12H,5,8-11,15H2,1-2H3. The first-order valence-electron chi connectivity index (χ1n) is 6.96. The first-order valence-corrected chi connectivity index (χ1v) is 8.40. The maximum atomic E-state index is 12.4. The van der Waals surface area contributed by atoms with Gasteiger partial charge in [0.05, 0.1) is 5.69 Å². The van der Waals surface area contributed by atoms with Crippen LogP contribution in [0.2, 0.25) is 0 Å². The number of hydrogen-bond donors (Lipinski definition) is 1. The predicted molar refractivity (Wildman–Crippen MR) is 81.4 cm³/mol. The Labute approximate surface area is 121 Å². The Kier molecular flexibility index (Phi) is 4.67. The van der Waals surface area contributed by atoms with Crippen molar-refractivity contribution < 1.29 is 8.42 Å². The summed E-state index contributed by atoms with van der Waals surface area (Å²) in [6.45, 7) is 1.42. The quantitative estimate of drug-likeness (QED) is 0.822. The van der Waals surface area contributed by atoms with Gasteiger partial charge < -0.3 is 10.6 Å². The molecule has 6 heteroatoms. The third-order valence-corrected chi connectivity index (χ3v) is 5.39. The number of sulfonamides is 1. The van der Waals surface area contributed by atoms with Gasteiger partial charge in [-0.2, -0.15) is 0 Å². The molecule has 5 nitrogen and oxygen atoms in total. The van der Waals surface area contributed by atoms with Crippen LogP contribution in [-0.2, 0) is 10.0 Å². The van der Waals surface area contributed by atoms with Gasteiger partial charge in [0.25, 0.3) is 0 Å². The molecule has 0 spiro atoms. The van der Waals surface area contributed by atoms with E-state index in [0.29, 0.717) is 17.5 Å². The van der Waals surface area contributed by atoms with E-state index in [1.165, 1.54) is 4.31 Å². The number of nitrogens with two attached hydrogens (primary N) is 1. The van der Waals surface area contributed by atoms with Crippen molar-refractivity contribution in [2.24, 2.45) is 5.73 Å². The van der Waals surface area contributed by atoms with Gasteiger partial charge >= 0.3 is 0 Å². The van der Waals surface area contributed by atoms with Crippen LogP contribution in [0, 0.1) is 0 Å². The van der Waals surface area contributed by atoms with E-state index in [-0.39, 0.29) is 0 Å². The minimum Gasteiger partial charge on any atom is -0.367 e. The summed E-state index contributed by atoms with van der Waals surface area (Å²) < 4.78 is 26.2. The van der Waals surface area contributed by atoms with Crippen molar-refractivity contribution in [3.8, 4) is 0 Å². The fraction of sp³-hybridized carbons (Fsp3) is 0.571. The van der Waals surface area contributed by atoms with Crippen LogP contribution in [0.1, 0.15) is 19.3 Å². The molecule has 0 radical (unpaired) electrons. The minimum absolute atomic E-state index is 0.383. The second-order valence-corrected chi connectivity index (χ2v) is 7.44. The molecule has 0 saturated heterocycles. The molecular weight excluding hydrogens is 274 g/mol. The molecule has 0 atom stereocenters. The van der Waals surface area contributed by atoms with Gasteiger partial charge in [-0.3, -0.25) is 0 Å². The Morgan fingerprint density at radius 2 is 1.90 bits per heavy atom. The fourth-order valence-corrected chi connectivity index (χ4v) is 3.35. The van der Waals surface area contributed by atoms with Gasteiger partial charge in [0.15, 0.2) is 0 Å². The van der Waals surface area contributed by atoms with Crippen LogP contribution in [0.5, 0.6) is 0 Å². The molecular formula is C14H23N3O2S. The third-order valence-electron chi connectivity index (χ3n) is 3.52. The van der Waals surface area contributed by atoms with Crippen molar-refractivity contribution in [2.45, 2.75) is 30.2 Å². The zero-order valence-corrected chi connectivity index (χ0v) is 12.9.